The number of esters is 1. The van der Waals surface area contributed by atoms with E-state index in [-0.39, 0.29) is 11.5 Å². The molecule has 4 nitrogen and oxygen atoms in total. The van der Waals surface area contributed by atoms with Crippen molar-refractivity contribution in [3.05, 3.63) is 125 Å². The number of allylic oxidation sites excluding steroid dienone is 1. The van der Waals surface area contributed by atoms with E-state index in [4.69, 9.17) is 9.47 Å². The maximum absolute atomic E-state index is 13.0. The Morgan fingerprint density at radius 2 is 1.50 bits per heavy atom. The summed E-state index contributed by atoms with van der Waals surface area (Å²) in [5.74, 6) is 0.327. The van der Waals surface area contributed by atoms with Crippen molar-refractivity contribution in [1.29, 1.82) is 0 Å². The molecular formula is C30H22O4. The van der Waals surface area contributed by atoms with E-state index in [1.165, 1.54) is 0 Å². The summed E-state index contributed by atoms with van der Waals surface area (Å²) in [5.41, 5.74) is 5.79. The van der Waals surface area contributed by atoms with E-state index in [2.05, 4.69) is 12.1 Å². The lowest BCUT2D eigenvalue weighted by Crippen LogP contribution is -2.08. The van der Waals surface area contributed by atoms with E-state index in [0.717, 1.165) is 22.3 Å². The van der Waals surface area contributed by atoms with Crippen LogP contribution in [0, 0.1) is 13.8 Å². The van der Waals surface area contributed by atoms with Gasteiger partial charge in [0.1, 0.15) is 11.5 Å². The van der Waals surface area contributed by atoms with Gasteiger partial charge in [-0.2, -0.15) is 0 Å². The summed E-state index contributed by atoms with van der Waals surface area (Å²) in [6.45, 7) is 3.76. The van der Waals surface area contributed by atoms with Crippen LogP contribution in [0.2, 0.25) is 0 Å². The van der Waals surface area contributed by atoms with Crippen LogP contribution < -0.4 is 9.47 Å². The lowest BCUT2D eigenvalue weighted by Gasteiger charge is -2.08. The van der Waals surface area contributed by atoms with E-state index in [1.54, 1.807) is 37.3 Å². The number of aryl methyl sites for hydroxylation is 2. The standard InChI is InChI=1S/C30H22O4/c1-19-8-12-24(13-9-19)30(32)33-25-16-20(2)28-26(18-25)34-27(29(28)31)17-21-10-14-23(15-11-21)22-6-4-3-5-7-22/h3-18H,1-2H3/b27-17-. The van der Waals surface area contributed by atoms with Gasteiger partial charge in [0.25, 0.3) is 0 Å². The molecule has 0 saturated carbocycles. The molecule has 0 unspecified atom stereocenters. The third-order valence-electron chi connectivity index (χ3n) is 5.76. The van der Waals surface area contributed by atoms with Crippen LogP contribution in [0.3, 0.4) is 0 Å². The van der Waals surface area contributed by atoms with Crippen molar-refractivity contribution in [3.8, 4) is 22.6 Å². The van der Waals surface area contributed by atoms with Crippen molar-refractivity contribution in [3.63, 3.8) is 0 Å². The number of fused-ring (bicyclic) bond motifs is 1. The molecule has 34 heavy (non-hydrogen) atoms. The molecule has 0 amide bonds. The number of carbonyl (C=O) groups is 2. The minimum Gasteiger partial charge on any atom is -0.452 e. The third kappa shape index (κ3) is 4.26. The van der Waals surface area contributed by atoms with Crippen LogP contribution in [-0.4, -0.2) is 11.8 Å². The van der Waals surface area contributed by atoms with Gasteiger partial charge < -0.3 is 9.47 Å². The van der Waals surface area contributed by atoms with Crippen LogP contribution in [0.25, 0.3) is 17.2 Å². The van der Waals surface area contributed by atoms with Crippen molar-refractivity contribution in [2.45, 2.75) is 13.8 Å². The molecule has 0 radical (unpaired) electrons. The zero-order valence-corrected chi connectivity index (χ0v) is 18.9. The first-order chi connectivity index (χ1) is 16.5. The van der Waals surface area contributed by atoms with Crippen molar-refractivity contribution in [1.82, 2.24) is 0 Å². The first-order valence-corrected chi connectivity index (χ1v) is 11.0. The SMILES string of the molecule is Cc1ccc(C(=O)Oc2cc(C)c3c(c2)O/C(=C\c2ccc(-c4ccccc4)cc2)C3=O)cc1. The second kappa shape index (κ2) is 8.83. The molecule has 4 aromatic carbocycles. The molecule has 0 atom stereocenters. The van der Waals surface area contributed by atoms with Gasteiger partial charge in [-0.05, 0) is 60.4 Å². The lowest BCUT2D eigenvalue weighted by molar-refractivity contribution is 0.0734. The Kier molecular flexibility index (Phi) is 5.56. The Bertz CT molecular complexity index is 1410. The number of hydrogen-bond donors (Lipinski definition) is 0. The smallest absolute Gasteiger partial charge is 0.343 e. The molecule has 1 aliphatic heterocycles. The highest BCUT2D eigenvalue weighted by atomic mass is 16.5. The van der Waals surface area contributed by atoms with E-state index in [9.17, 15) is 9.59 Å². The van der Waals surface area contributed by atoms with Crippen molar-refractivity contribution >= 4 is 17.8 Å². The fourth-order valence-corrected chi connectivity index (χ4v) is 3.95. The summed E-state index contributed by atoms with van der Waals surface area (Å²) in [6, 6.07) is 28.5. The molecule has 1 aliphatic rings. The number of ketones is 1. The first-order valence-electron chi connectivity index (χ1n) is 11.0. The Hall–Kier alpha value is -4.44. The summed E-state index contributed by atoms with van der Waals surface area (Å²) in [5, 5.41) is 0. The first kappa shape index (κ1) is 21.4. The highest BCUT2D eigenvalue weighted by Gasteiger charge is 2.30. The Labute approximate surface area is 198 Å². The van der Waals surface area contributed by atoms with Crippen LogP contribution >= 0.6 is 0 Å². The van der Waals surface area contributed by atoms with Gasteiger partial charge in [-0.25, -0.2) is 4.79 Å². The summed E-state index contributed by atoms with van der Waals surface area (Å²) in [4.78, 5) is 25.5. The summed E-state index contributed by atoms with van der Waals surface area (Å²) < 4.78 is 11.4. The summed E-state index contributed by atoms with van der Waals surface area (Å²) in [7, 11) is 0. The van der Waals surface area contributed by atoms with Crippen molar-refractivity contribution < 1.29 is 19.1 Å². The number of carbonyl (C=O) groups excluding carboxylic acids is 2. The molecule has 0 aliphatic carbocycles. The molecule has 1 heterocycles. The summed E-state index contributed by atoms with van der Waals surface area (Å²) in [6.07, 6.45) is 1.73. The van der Waals surface area contributed by atoms with Crippen LogP contribution in [0.4, 0.5) is 0 Å². The second-order valence-corrected chi connectivity index (χ2v) is 8.30. The van der Waals surface area contributed by atoms with E-state index >= 15 is 0 Å². The van der Waals surface area contributed by atoms with Gasteiger partial charge in [0.15, 0.2) is 5.76 Å². The maximum atomic E-state index is 13.0. The zero-order valence-electron chi connectivity index (χ0n) is 18.9. The zero-order chi connectivity index (χ0) is 23.7. The number of ether oxygens (including phenoxy) is 2. The highest BCUT2D eigenvalue weighted by Crippen LogP contribution is 2.38. The van der Waals surface area contributed by atoms with Gasteiger partial charge in [-0.1, -0.05) is 72.3 Å². The third-order valence-corrected chi connectivity index (χ3v) is 5.76. The normalized spacial score (nSPS) is 13.5. The number of rotatable bonds is 4. The molecule has 0 bridgehead atoms. The molecule has 0 N–H and O–H groups in total. The van der Waals surface area contributed by atoms with Gasteiger partial charge in [0, 0.05) is 6.07 Å². The molecule has 5 rings (SSSR count). The minimum atomic E-state index is -0.460. The number of Topliss-reactive ketones (excluding diaryl/α,β-unsaturated/α-hetero) is 1. The van der Waals surface area contributed by atoms with Crippen LogP contribution in [-0.2, 0) is 0 Å². The molecular weight excluding hydrogens is 424 g/mol. The Morgan fingerprint density at radius 3 is 2.21 bits per heavy atom. The highest BCUT2D eigenvalue weighted by molar-refractivity contribution is 6.15. The fourth-order valence-electron chi connectivity index (χ4n) is 3.95. The Balaban J connectivity index is 1.36. The minimum absolute atomic E-state index is 0.184. The molecule has 4 heteroatoms. The topological polar surface area (TPSA) is 52.6 Å². The average Bonchev–Trinajstić information content (AvgIpc) is 3.15. The molecule has 0 saturated heterocycles. The van der Waals surface area contributed by atoms with E-state index in [0.29, 0.717) is 28.2 Å². The number of benzene rings is 4. The Morgan fingerprint density at radius 1 is 0.824 bits per heavy atom. The molecule has 166 valence electrons. The maximum Gasteiger partial charge on any atom is 0.343 e. The predicted octanol–water partition coefficient (Wildman–Crippen LogP) is 6.81. The second-order valence-electron chi connectivity index (χ2n) is 8.30. The largest absolute Gasteiger partial charge is 0.452 e. The molecule has 4 aromatic rings. The van der Waals surface area contributed by atoms with Gasteiger partial charge >= 0.3 is 5.97 Å². The van der Waals surface area contributed by atoms with Gasteiger partial charge in [-0.3, -0.25) is 4.79 Å². The van der Waals surface area contributed by atoms with Gasteiger partial charge in [0.2, 0.25) is 5.78 Å². The van der Waals surface area contributed by atoms with Crippen molar-refractivity contribution in [2.24, 2.45) is 0 Å². The number of hydrogen-bond acceptors (Lipinski definition) is 4. The predicted molar refractivity (Wildman–Crippen MR) is 132 cm³/mol. The molecule has 0 fully saturated rings. The van der Waals surface area contributed by atoms with Crippen LogP contribution in [0.15, 0.2) is 96.8 Å². The average molecular weight is 447 g/mol. The lowest BCUT2D eigenvalue weighted by atomic mass is 10.0. The van der Waals surface area contributed by atoms with Crippen LogP contribution in [0.5, 0.6) is 11.5 Å². The molecule has 0 spiro atoms. The van der Waals surface area contributed by atoms with Gasteiger partial charge in [0.05, 0.1) is 11.1 Å². The van der Waals surface area contributed by atoms with Crippen LogP contribution in [0.1, 0.15) is 37.4 Å². The van der Waals surface area contributed by atoms with Gasteiger partial charge in [-0.15, -0.1) is 0 Å². The quantitative estimate of drug-likeness (QED) is 0.196. The fraction of sp³-hybridized carbons (Fsp3) is 0.0667. The molecule has 0 aromatic heterocycles. The van der Waals surface area contributed by atoms with E-state index < -0.39 is 5.97 Å². The summed E-state index contributed by atoms with van der Waals surface area (Å²) >= 11 is 0. The van der Waals surface area contributed by atoms with Crippen molar-refractivity contribution in [2.75, 3.05) is 0 Å². The monoisotopic (exact) mass is 446 g/mol. The van der Waals surface area contributed by atoms with E-state index in [1.807, 2.05) is 61.5 Å².